The molecule has 1 saturated heterocycles. The highest BCUT2D eigenvalue weighted by Crippen LogP contribution is 2.52. The average Bonchev–Trinajstić information content (AvgIpc) is 3.50. The summed E-state index contributed by atoms with van der Waals surface area (Å²) in [4.78, 5) is 52.1. The lowest BCUT2D eigenvalue weighted by molar-refractivity contribution is -0.141. The van der Waals surface area contributed by atoms with Gasteiger partial charge in [-0.15, -0.1) is 0 Å². The second-order valence-corrected chi connectivity index (χ2v) is 13.9. The minimum absolute atomic E-state index is 0.0720. The minimum Gasteiger partial charge on any atom is -0.497 e. The van der Waals surface area contributed by atoms with Gasteiger partial charge in [0.05, 0.1) is 37.4 Å². The number of aryl methyl sites for hydroxylation is 1. The Balaban J connectivity index is 1.54. The molecule has 1 N–H and O–H groups in total. The maximum atomic E-state index is 14.3. The van der Waals surface area contributed by atoms with E-state index in [0.29, 0.717) is 36.4 Å². The zero-order chi connectivity index (χ0) is 32.5. The van der Waals surface area contributed by atoms with Gasteiger partial charge < -0.3 is 24.4 Å². The van der Waals surface area contributed by atoms with Crippen molar-refractivity contribution in [2.45, 2.75) is 110 Å². The number of amides is 2. The molecule has 10 nitrogen and oxygen atoms in total. The van der Waals surface area contributed by atoms with Crippen LogP contribution in [0.25, 0.3) is 11.0 Å². The second kappa shape index (κ2) is 13.1. The number of benzene rings is 1. The van der Waals surface area contributed by atoms with Crippen LogP contribution >= 0.6 is 0 Å². The number of ketones is 1. The summed E-state index contributed by atoms with van der Waals surface area (Å²) in [5.41, 5.74) is 0.535. The van der Waals surface area contributed by atoms with E-state index >= 15 is 0 Å². The number of carbonyl (C=O) groups excluding carboxylic acids is 3. The number of carbonyl (C=O) groups is 3. The Morgan fingerprint density at radius 3 is 2.62 bits per heavy atom. The van der Waals surface area contributed by atoms with Gasteiger partial charge in [-0.25, -0.2) is 14.8 Å². The summed E-state index contributed by atoms with van der Waals surface area (Å²) in [6, 6.07) is 3.82. The van der Waals surface area contributed by atoms with Gasteiger partial charge in [-0.05, 0) is 56.6 Å². The summed E-state index contributed by atoms with van der Waals surface area (Å²) in [5.74, 6) is 0.294. The molecule has 5 rings (SSSR count). The molecule has 246 valence electrons. The second-order valence-electron chi connectivity index (χ2n) is 13.9. The summed E-state index contributed by atoms with van der Waals surface area (Å²) < 4.78 is 31.6. The molecule has 0 radical (unpaired) electrons. The van der Waals surface area contributed by atoms with E-state index in [1.165, 1.54) is 6.92 Å². The lowest BCUT2D eigenvalue weighted by Gasteiger charge is -2.35. The number of nitrogens with zero attached hydrogens (tertiary/aromatic N) is 3. The van der Waals surface area contributed by atoms with Gasteiger partial charge in [0.15, 0.2) is 5.78 Å². The average molecular weight is 627 g/mol. The molecule has 45 heavy (non-hydrogen) atoms. The van der Waals surface area contributed by atoms with Crippen LogP contribution in [0.1, 0.15) is 85.3 Å². The molecule has 2 aromatic rings. The fourth-order valence-electron chi connectivity index (χ4n) is 7.19. The molecule has 6 atom stereocenters. The molecule has 0 spiro atoms. The van der Waals surface area contributed by atoms with E-state index in [0.717, 1.165) is 36.9 Å². The lowest BCUT2D eigenvalue weighted by atomic mass is 9.85. The number of hydrogen-bond donors (Lipinski definition) is 1. The topological polar surface area (TPSA) is 120 Å². The fourth-order valence-corrected chi connectivity index (χ4v) is 7.19. The van der Waals surface area contributed by atoms with Crippen LogP contribution in [0.15, 0.2) is 18.2 Å². The van der Waals surface area contributed by atoms with Crippen molar-refractivity contribution in [3.05, 3.63) is 23.9 Å². The maximum Gasteiger partial charge on any atom is 0.408 e. The monoisotopic (exact) mass is 626 g/mol. The molecule has 3 heterocycles. The van der Waals surface area contributed by atoms with Crippen molar-refractivity contribution in [2.75, 3.05) is 20.3 Å². The Labute approximate surface area is 264 Å². The van der Waals surface area contributed by atoms with Crippen molar-refractivity contribution in [1.29, 1.82) is 0 Å². The van der Waals surface area contributed by atoms with Crippen molar-refractivity contribution in [2.24, 2.45) is 17.3 Å². The zero-order valence-electron chi connectivity index (χ0n) is 27.4. The molecule has 2 bridgehead atoms. The minimum atomic E-state index is -0.981. The van der Waals surface area contributed by atoms with Crippen LogP contribution in [0.4, 0.5) is 9.18 Å². The number of alkyl carbamates (subject to hydrolysis) is 1. The van der Waals surface area contributed by atoms with E-state index in [4.69, 9.17) is 24.2 Å². The Kier molecular flexibility index (Phi) is 9.56. The van der Waals surface area contributed by atoms with Gasteiger partial charge in [0.1, 0.15) is 29.2 Å². The Morgan fingerprint density at radius 1 is 1.18 bits per heavy atom. The van der Waals surface area contributed by atoms with Gasteiger partial charge >= 0.3 is 6.09 Å². The molecule has 11 heteroatoms. The van der Waals surface area contributed by atoms with Crippen molar-refractivity contribution in [3.63, 3.8) is 0 Å². The smallest absolute Gasteiger partial charge is 0.408 e. The van der Waals surface area contributed by atoms with Gasteiger partial charge in [-0.2, -0.15) is 0 Å². The first-order valence-corrected chi connectivity index (χ1v) is 16.3. The van der Waals surface area contributed by atoms with Crippen molar-refractivity contribution >= 4 is 28.8 Å². The highest BCUT2D eigenvalue weighted by atomic mass is 19.1. The van der Waals surface area contributed by atoms with Gasteiger partial charge in [0.2, 0.25) is 11.8 Å². The molecule has 1 aromatic heterocycles. The number of halogens is 1. The van der Waals surface area contributed by atoms with Crippen LogP contribution in [-0.2, 0) is 20.7 Å². The van der Waals surface area contributed by atoms with E-state index in [9.17, 15) is 18.8 Å². The molecule has 0 unspecified atom stereocenters. The number of hydrogen-bond acceptors (Lipinski definition) is 8. The van der Waals surface area contributed by atoms with Crippen molar-refractivity contribution in [1.82, 2.24) is 20.2 Å². The summed E-state index contributed by atoms with van der Waals surface area (Å²) in [6.45, 7) is 8.59. The fraction of sp³-hybridized carbons (Fsp3) is 0.676. The third-order valence-electron chi connectivity index (χ3n) is 9.77. The number of Topliss-reactive ketones (excluding diaryl/α,β-unsaturated/α-hetero) is 1. The van der Waals surface area contributed by atoms with Gasteiger partial charge in [-0.1, -0.05) is 40.5 Å². The summed E-state index contributed by atoms with van der Waals surface area (Å²) in [5, 5.41) is 2.81. The lowest BCUT2D eigenvalue weighted by Crippen LogP contribution is -2.57. The Hall–Kier alpha value is -3.50. The van der Waals surface area contributed by atoms with Gasteiger partial charge in [0.25, 0.3) is 0 Å². The number of fused-ring (bicyclic) bond motifs is 5. The number of nitrogens with one attached hydrogen (secondary N) is 1. The van der Waals surface area contributed by atoms with Crippen LogP contribution in [-0.4, -0.2) is 76.8 Å². The summed E-state index contributed by atoms with van der Waals surface area (Å²) in [7, 11) is 1.60. The van der Waals surface area contributed by atoms with Crippen LogP contribution < -0.4 is 14.8 Å². The Morgan fingerprint density at radius 2 is 1.96 bits per heavy atom. The van der Waals surface area contributed by atoms with E-state index in [2.05, 4.69) is 5.32 Å². The third-order valence-corrected chi connectivity index (χ3v) is 9.77. The largest absolute Gasteiger partial charge is 0.497 e. The predicted molar refractivity (Wildman–Crippen MR) is 167 cm³/mol. The molecule has 2 fully saturated rings. The molecule has 2 aliphatic heterocycles. The van der Waals surface area contributed by atoms with Crippen LogP contribution in [0.5, 0.6) is 11.6 Å². The number of methoxy groups -OCH3 is 1. The van der Waals surface area contributed by atoms with E-state index in [-0.39, 0.29) is 36.5 Å². The number of alkyl halides is 1. The van der Waals surface area contributed by atoms with E-state index in [1.807, 2.05) is 45.9 Å². The number of aromatic nitrogens is 2. The van der Waals surface area contributed by atoms with Gasteiger partial charge in [0, 0.05) is 24.3 Å². The molecular formula is C34H47FN4O6. The van der Waals surface area contributed by atoms with Gasteiger partial charge in [-0.3, -0.25) is 14.0 Å². The number of rotatable bonds is 5. The maximum absolute atomic E-state index is 14.3. The molecular weight excluding hydrogens is 579 g/mol. The summed E-state index contributed by atoms with van der Waals surface area (Å²) >= 11 is 0. The Bertz CT molecular complexity index is 1430. The third kappa shape index (κ3) is 6.87. The molecule has 1 aromatic carbocycles. The first-order chi connectivity index (χ1) is 21.4. The summed E-state index contributed by atoms with van der Waals surface area (Å²) in [6.07, 6.45) is 4.19. The molecule has 1 aliphatic carbocycles. The predicted octanol–water partition coefficient (Wildman–Crippen LogP) is 5.59. The molecule has 2 amide bonds. The normalized spacial score (nSPS) is 29.4. The quantitative estimate of drug-likeness (QED) is 0.456. The standard InChI is InChI=1S/C34H47FN4O6/c1-7-23-27-19-39(28(23)20(2)40)31(41)29(33(3,4)5)38-32(42)45-34(15-16-35)18-21(34)11-9-8-10-12-25-30(44-27)37-26-17-22(43-6)13-14-24(26)36-25/h13-14,17,21,23,27-29H,7-12,15-16,18-19H2,1-6H3,(H,38,42)/t21-,23-,27+,28-,29-,34-/m1/s1. The highest BCUT2D eigenvalue weighted by molar-refractivity contribution is 5.92. The zero-order valence-corrected chi connectivity index (χ0v) is 27.4. The van der Waals surface area contributed by atoms with Crippen LogP contribution in [0, 0.1) is 17.3 Å². The van der Waals surface area contributed by atoms with Crippen molar-refractivity contribution < 1.29 is 33.0 Å². The first kappa shape index (κ1) is 32.9. The first-order valence-electron chi connectivity index (χ1n) is 16.3. The number of ether oxygens (including phenoxy) is 3. The van der Waals surface area contributed by atoms with Crippen LogP contribution in [0.2, 0.25) is 0 Å². The molecule has 3 aliphatic rings. The van der Waals surface area contributed by atoms with E-state index in [1.54, 1.807) is 12.0 Å². The molecule has 1 saturated carbocycles. The van der Waals surface area contributed by atoms with Crippen molar-refractivity contribution in [3.8, 4) is 11.6 Å². The highest BCUT2D eigenvalue weighted by Gasteiger charge is 2.57. The SMILES string of the molecule is CC[C@@H]1[C@@H]2CN(C(=O)[C@H](C(C)(C)C)NC(=O)O[C@]3(CCF)C[C@H]3CCCCCc3nc4ccc(OC)cc4nc3O2)[C@@H]1C(C)=O. The van der Waals surface area contributed by atoms with Crippen LogP contribution in [0.3, 0.4) is 0 Å². The van der Waals surface area contributed by atoms with E-state index < -0.39 is 42.0 Å².